The maximum atomic E-state index is 9.09. The topological polar surface area (TPSA) is 123 Å². The Hall–Kier alpha value is -3.71. The van der Waals surface area contributed by atoms with Gasteiger partial charge in [-0.15, -0.1) is 5.10 Å². The minimum absolute atomic E-state index is 0.281. The number of ether oxygens (including phenoxy) is 1. The van der Waals surface area contributed by atoms with Crippen LogP contribution in [0.2, 0.25) is 0 Å². The van der Waals surface area contributed by atoms with Gasteiger partial charge in [0.1, 0.15) is 17.3 Å². The van der Waals surface area contributed by atoms with E-state index in [1.807, 2.05) is 28.9 Å². The van der Waals surface area contributed by atoms with Gasteiger partial charge in [-0.1, -0.05) is 6.07 Å². The summed E-state index contributed by atoms with van der Waals surface area (Å²) in [6, 6.07) is 9.69. The number of rotatable bonds is 4. The number of anilines is 1. The molecule has 0 saturated carbocycles. The van der Waals surface area contributed by atoms with E-state index in [1.165, 1.54) is 0 Å². The highest BCUT2D eigenvalue weighted by Crippen LogP contribution is 2.27. The van der Waals surface area contributed by atoms with Gasteiger partial charge in [-0.05, 0) is 24.6 Å². The lowest BCUT2D eigenvalue weighted by Gasteiger charge is -2.18. The molecule has 1 aliphatic rings. The Labute approximate surface area is 172 Å². The zero-order valence-electron chi connectivity index (χ0n) is 16.6. The summed E-state index contributed by atoms with van der Waals surface area (Å²) in [6.07, 6.45) is 1.67. The molecule has 2 N–H and O–H groups in total. The number of para-hydroxylation sites is 1. The largest absolute Gasteiger partial charge is 0.494 e. The molecule has 0 radical (unpaired) electrons. The Bertz CT molecular complexity index is 1280. The van der Waals surface area contributed by atoms with E-state index in [-0.39, 0.29) is 5.95 Å². The van der Waals surface area contributed by atoms with Gasteiger partial charge < -0.3 is 10.5 Å². The van der Waals surface area contributed by atoms with Crippen molar-refractivity contribution < 1.29 is 4.74 Å². The summed E-state index contributed by atoms with van der Waals surface area (Å²) in [5, 5.41) is 18.9. The van der Waals surface area contributed by atoms with Crippen molar-refractivity contribution in [1.29, 1.82) is 5.26 Å². The van der Waals surface area contributed by atoms with E-state index in [4.69, 9.17) is 20.7 Å². The van der Waals surface area contributed by atoms with Crippen LogP contribution >= 0.6 is 0 Å². The first-order chi connectivity index (χ1) is 14.7. The summed E-state index contributed by atoms with van der Waals surface area (Å²) < 4.78 is 8.94. The van der Waals surface area contributed by atoms with Crippen LogP contribution in [0.1, 0.15) is 23.6 Å². The van der Waals surface area contributed by atoms with Crippen molar-refractivity contribution in [2.75, 3.05) is 25.9 Å². The molecule has 1 aromatic carbocycles. The minimum atomic E-state index is 0.281. The number of hydrogen-bond acceptors (Lipinski definition) is 8. The molecule has 0 bridgehead atoms. The molecule has 0 fully saturated rings. The van der Waals surface area contributed by atoms with Gasteiger partial charge in [-0.2, -0.15) is 14.9 Å². The first-order valence-corrected chi connectivity index (χ1v) is 9.83. The van der Waals surface area contributed by atoms with Gasteiger partial charge in [0.25, 0.3) is 0 Å². The monoisotopic (exact) mass is 403 g/mol. The van der Waals surface area contributed by atoms with E-state index >= 15 is 0 Å². The molecule has 3 aromatic heterocycles. The highest BCUT2D eigenvalue weighted by atomic mass is 16.5. The second-order valence-corrected chi connectivity index (χ2v) is 7.33. The van der Waals surface area contributed by atoms with E-state index in [0.29, 0.717) is 34.9 Å². The Morgan fingerprint density at radius 3 is 2.97 bits per heavy atom. The fourth-order valence-corrected chi connectivity index (χ4v) is 3.97. The SMILES string of the molecule is COc1cccc2c1nc(N)n1nc(CCN3CCCn4nc(C#N)cc4C3)nc21. The van der Waals surface area contributed by atoms with E-state index in [2.05, 4.69) is 26.2 Å². The van der Waals surface area contributed by atoms with Crippen LogP contribution in [0.3, 0.4) is 0 Å². The summed E-state index contributed by atoms with van der Waals surface area (Å²) in [5.74, 6) is 1.65. The number of aromatic nitrogens is 6. The first kappa shape index (κ1) is 18.3. The summed E-state index contributed by atoms with van der Waals surface area (Å²) in [6.45, 7) is 3.35. The maximum Gasteiger partial charge on any atom is 0.223 e. The molecule has 0 spiro atoms. The van der Waals surface area contributed by atoms with Crippen LogP contribution in [0.15, 0.2) is 24.3 Å². The normalized spacial score (nSPS) is 14.5. The van der Waals surface area contributed by atoms with Crippen molar-refractivity contribution in [1.82, 2.24) is 34.3 Å². The van der Waals surface area contributed by atoms with Gasteiger partial charge in [0.15, 0.2) is 17.2 Å². The van der Waals surface area contributed by atoms with Crippen LogP contribution in [0.5, 0.6) is 5.75 Å². The second kappa shape index (κ2) is 7.27. The smallest absolute Gasteiger partial charge is 0.223 e. The highest BCUT2D eigenvalue weighted by molar-refractivity contribution is 5.95. The molecular weight excluding hydrogens is 382 g/mol. The van der Waals surface area contributed by atoms with E-state index in [9.17, 15) is 0 Å². The van der Waals surface area contributed by atoms with Crippen LogP contribution in [0.4, 0.5) is 5.95 Å². The first-order valence-electron chi connectivity index (χ1n) is 9.83. The molecule has 10 heteroatoms. The molecule has 5 rings (SSSR count). The molecule has 0 amide bonds. The molecule has 4 aromatic rings. The highest BCUT2D eigenvalue weighted by Gasteiger charge is 2.18. The number of aryl methyl sites for hydroxylation is 1. The van der Waals surface area contributed by atoms with Crippen molar-refractivity contribution in [3.63, 3.8) is 0 Å². The summed E-state index contributed by atoms with van der Waals surface area (Å²) in [7, 11) is 1.61. The van der Waals surface area contributed by atoms with Gasteiger partial charge in [0.05, 0.1) is 12.8 Å². The molecule has 0 saturated heterocycles. The Morgan fingerprint density at radius 1 is 1.23 bits per heavy atom. The van der Waals surface area contributed by atoms with Crippen molar-refractivity contribution in [3.05, 3.63) is 41.5 Å². The number of nitrogen functional groups attached to an aromatic ring is 1. The van der Waals surface area contributed by atoms with Crippen molar-refractivity contribution in [2.45, 2.75) is 25.9 Å². The van der Waals surface area contributed by atoms with Crippen molar-refractivity contribution >= 4 is 22.5 Å². The maximum absolute atomic E-state index is 9.09. The lowest BCUT2D eigenvalue weighted by Crippen LogP contribution is -2.26. The third-order valence-corrected chi connectivity index (χ3v) is 5.41. The fourth-order valence-electron chi connectivity index (χ4n) is 3.97. The zero-order chi connectivity index (χ0) is 20.7. The average Bonchev–Trinajstić information content (AvgIpc) is 3.31. The van der Waals surface area contributed by atoms with Gasteiger partial charge >= 0.3 is 0 Å². The van der Waals surface area contributed by atoms with Gasteiger partial charge in [0, 0.05) is 38.0 Å². The van der Waals surface area contributed by atoms with Crippen LogP contribution in [0.25, 0.3) is 16.6 Å². The van der Waals surface area contributed by atoms with Crippen LogP contribution in [-0.2, 0) is 19.5 Å². The Balaban J connectivity index is 1.40. The molecule has 30 heavy (non-hydrogen) atoms. The molecule has 1 aliphatic heterocycles. The molecule has 0 atom stereocenters. The van der Waals surface area contributed by atoms with Crippen LogP contribution in [-0.4, -0.2) is 54.5 Å². The third-order valence-electron chi connectivity index (χ3n) is 5.41. The average molecular weight is 403 g/mol. The predicted molar refractivity (Wildman–Crippen MR) is 110 cm³/mol. The molecule has 0 aliphatic carbocycles. The van der Waals surface area contributed by atoms with Crippen LogP contribution in [0, 0.1) is 11.3 Å². The van der Waals surface area contributed by atoms with E-state index < -0.39 is 0 Å². The quantitative estimate of drug-likeness (QED) is 0.542. The minimum Gasteiger partial charge on any atom is -0.494 e. The van der Waals surface area contributed by atoms with Crippen LogP contribution < -0.4 is 10.5 Å². The molecule has 10 nitrogen and oxygen atoms in total. The number of methoxy groups -OCH3 is 1. The van der Waals surface area contributed by atoms with Gasteiger partial charge in [-0.3, -0.25) is 9.58 Å². The van der Waals surface area contributed by atoms with E-state index in [0.717, 1.165) is 43.7 Å². The summed E-state index contributed by atoms with van der Waals surface area (Å²) in [5.41, 5.74) is 9.03. The second-order valence-electron chi connectivity index (χ2n) is 7.33. The third kappa shape index (κ3) is 3.09. The van der Waals surface area contributed by atoms with E-state index in [1.54, 1.807) is 11.6 Å². The van der Waals surface area contributed by atoms with Gasteiger partial charge in [0.2, 0.25) is 5.95 Å². The molecule has 0 unspecified atom stereocenters. The Kier molecular flexibility index (Phi) is 4.44. The molecular formula is C20H21N9O. The lowest BCUT2D eigenvalue weighted by molar-refractivity contribution is 0.271. The Morgan fingerprint density at radius 2 is 2.13 bits per heavy atom. The van der Waals surface area contributed by atoms with Crippen molar-refractivity contribution in [2.24, 2.45) is 0 Å². The number of nitriles is 1. The summed E-state index contributed by atoms with van der Waals surface area (Å²) >= 11 is 0. The number of benzene rings is 1. The lowest BCUT2D eigenvalue weighted by atomic mass is 10.2. The number of nitrogens with zero attached hydrogens (tertiary/aromatic N) is 8. The van der Waals surface area contributed by atoms with Crippen molar-refractivity contribution in [3.8, 4) is 11.8 Å². The number of fused-ring (bicyclic) bond motifs is 4. The summed E-state index contributed by atoms with van der Waals surface area (Å²) in [4.78, 5) is 11.5. The fraction of sp³-hybridized carbons (Fsp3) is 0.350. The van der Waals surface area contributed by atoms with Gasteiger partial charge in [-0.25, -0.2) is 9.97 Å². The molecule has 4 heterocycles. The molecule has 152 valence electrons. The standard InChI is InChI=1S/C20H21N9O/c1-30-16-5-2-4-15-18(16)24-20(22)29-19(15)23-17(26-29)6-9-27-7-3-8-28-14(12-27)10-13(11-21)25-28/h2,4-5,10H,3,6-9,12H2,1H3,(H2,22,24). The zero-order valence-corrected chi connectivity index (χ0v) is 16.6. The number of nitrogens with two attached hydrogens (primary N) is 1. The predicted octanol–water partition coefficient (Wildman–Crippen LogP) is 1.38. The number of hydrogen-bond donors (Lipinski definition) is 1.